The average Bonchev–Trinajstić information content (AvgIpc) is 2.97. The highest BCUT2D eigenvalue weighted by Gasteiger charge is 2.54. The minimum Gasteiger partial charge on any atom is -0.468 e. The molecule has 5 unspecified atom stereocenters. The van der Waals surface area contributed by atoms with E-state index in [1.54, 1.807) is 0 Å². The molecule has 1 N–H and O–H groups in total. The van der Waals surface area contributed by atoms with Crippen LogP contribution in [-0.2, 0) is 9.53 Å². The Balaban J connectivity index is 1.67. The van der Waals surface area contributed by atoms with E-state index in [0.717, 1.165) is 23.7 Å². The van der Waals surface area contributed by atoms with Crippen LogP contribution in [0.5, 0.6) is 0 Å². The Kier molecular flexibility index (Phi) is 2.92. The molecule has 0 amide bonds. The van der Waals surface area contributed by atoms with Crippen LogP contribution in [0.25, 0.3) is 0 Å². The zero-order valence-electron chi connectivity index (χ0n) is 11.7. The number of hydrogen-bond acceptors (Lipinski definition) is 3. The van der Waals surface area contributed by atoms with Crippen molar-refractivity contribution in [2.24, 2.45) is 23.7 Å². The molecule has 0 heterocycles. The molecule has 3 aliphatic rings. The van der Waals surface area contributed by atoms with Crippen molar-refractivity contribution in [1.82, 2.24) is 5.32 Å². The normalized spacial score (nSPS) is 42.1. The van der Waals surface area contributed by atoms with Crippen molar-refractivity contribution in [3.05, 3.63) is 0 Å². The molecule has 3 fully saturated rings. The maximum absolute atomic E-state index is 11.8. The lowest BCUT2D eigenvalue weighted by atomic mass is 9.78. The maximum Gasteiger partial charge on any atom is 0.325 e. The number of carbonyl (C=O) groups excluding carboxylic acids is 1. The summed E-state index contributed by atoms with van der Waals surface area (Å²) in [5.74, 6) is 3.54. The van der Waals surface area contributed by atoms with Gasteiger partial charge in [-0.2, -0.15) is 0 Å². The van der Waals surface area contributed by atoms with Gasteiger partial charge in [0, 0.05) is 6.04 Å². The molecule has 0 aromatic carbocycles. The van der Waals surface area contributed by atoms with Crippen molar-refractivity contribution < 1.29 is 9.53 Å². The highest BCUT2D eigenvalue weighted by molar-refractivity contribution is 5.79. The van der Waals surface area contributed by atoms with E-state index in [0.29, 0.717) is 6.04 Å². The summed E-state index contributed by atoms with van der Waals surface area (Å²) in [5, 5.41) is 3.58. The summed E-state index contributed by atoms with van der Waals surface area (Å²) in [7, 11) is 1.47. The Bertz CT molecular complexity index is 352. The monoisotopic (exact) mass is 251 g/mol. The summed E-state index contributed by atoms with van der Waals surface area (Å²) in [4.78, 5) is 11.8. The molecule has 3 rings (SSSR count). The largest absolute Gasteiger partial charge is 0.468 e. The Hall–Kier alpha value is -0.570. The minimum absolute atomic E-state index is 0.145. The summed E-state index contributed by atoms with van der Waals surface area (Å²) >= 11 is 0. The molecule has 3 nitrogen and oxygen atoms in total. The van der Waals surface area contributed by atoms with Gasteiger partial charge in [-0.25, -0.2) is 0 Å². The van der Waals surface area contributed by atoms with Crippen LogP contribution in [0.2, 0.25) is 0 Å². The predicted octanol–water partition coefficient (Wildman–Crippen LogP) is 2.35. The summed E-state index contributed by atoms with van der Waals surface area (Å²) in [6.45, 7) is 3.88. The lowest BCUT2D eigenvalue weighted by Crippen LogP contribution is -2.54. The van der Waals surface area contributed by atoms with Gasteiger partial charge in [-0.15, -0.1) is 0 Å². The second-order valence-electron chi connectivity index (χ2n) is 7.02. The van der Waals surface area contributed by atoms with Gasteiger partial charge in [-0.1, -0.05) is 6.42 Å². The first kappa shape index (κ1) is 12.5. The molecule has 0 aromatic rings. The minimum atomic E-state index is -0.544. The van der Waals surface area contributed by atoms with Crippen LogP contribution in [0.1, 0.15) is 46.0 Å². The Morgan fingerprint density at radius 3 is 2.61 bits per heavy atom. The molecular formula is C15H25NO2. The molecule has 0 saturated heterocycles. The molecule has 0 aliphatic heterocycles. The van der Waals surface area contributed by atoms with Crippen LogP contribution in [0, 0.1) is 23.7 Å². The molecule has 0 spiro atoms. The molecular weight excluding hydrogens is 226 g/mol. The molecule has 3 aliphatic carbocycles. The Labute approximate surface area is 110 Å². The van der Waals surface area contributed by atoms with Crippen molar-refractivity contribution in [3.63, 3.8) is 0 Å². The van der Waals surface area contributed by atoms with Crippen LogP contribution in [0.4, 0.5) is 0 Å². The van der Waals surface area contributed by atoms with E-state index >= 15 is 0 Å². The molecule has 18 heavy (non-hydrogen) atoms. The second-order valence-corrected chi connectivity index (χ2v) is 7.02. The third-order valence-corrected chi connectivity index (χ3v) is 5.67. The second kappa shape index (κ2) is 4.22. The highest BCUT2D eigenvalue weighted by atomic mass is 16.5. The van der Waals surface area contributed by atoms with Gasteiger partial charge in [0.05, 0.1) is 7.11 Å². The molecule has 2 bridgehead atoms. The van der Waals surface area contributed by atoms with Crippen LogP contribution >= 0.6 is 0 Å². The molecule has 0 radical (unpaired) electrons. The van der Waals surface area contributed by atoms with E-state index in [1.165, 1.54) is 39.2 Å². The van der Waals surface area contributed by atoms with Gasteiger partial charge in [0.15, 0.2) is 0 Å². The van der Waals surface area contributed by atoms with E-state index < -0.39 is 5.54 Å². The van der Waals surface area contributed by atoms with Gasteiger partial charge in [0.25, 0.3) is 0 Å². The highest BCUT2D eigenvalue weighted by Crippen LogP contribution is 2.58. The molecule has 5 atom stereocenters. The first-order valence-electron chi connectivity index (χ1n) is 7.39. The van der Waals surface area contributed by atoms with Crippen molar-refractivity contribution in [1.29, 1.82) is 0 Å². The lowest BCUT2D eigenvalue weighted by molar-refractivity contribution is -0.147. The van der Waals surface area contributed by atoms with Crippen LogP contribution in [0.15, 0.2) is 0 Å². The number of rotatable bonds is 3. The number of methoxy groups -OCH3 is 1. The molecule has 3 saturated carbocycles. The quantitative estimate of drug-likeness (QED) is 0.783. The summed E-state index contributed by atoms with van der Waals surface area (Å²) in [5.41, 5.74) is -0.544. The third-order valence-electron chi connectivity index (χ3n) is 5.67. The Morgan fingerprint density at radius 2 is 1.89 bits per heavy atom. The maximum atomic E-state index is 11.8. The first-order valence-corrected chi connectivity index (χ1v) is 7.39. The number of fused-ring (bicyclic) bond motifs is 5. The fourth-order valence-corrected chi connectivity index (χ4v) is 5.01. The Morgan fingerprint density at radius 1 is 1.17 bits per heavy atom. The third kappa shape index (κ3) is 1.78. The SMILES string of the molecule is COC(=O)C(C)(C)NC1CC2CC1C1CCCC21. The van der Waals surface area contributed by atoms with Gasteiger partial charge in [0.2, 0.25) is 0 Å². The standard InChI is InChI=1S/C15H25NO2/c1-15(2,14(17)18-3)16-13-8-9-7-12(13)11-6-4-5-10(9)11/h9-13,16H,4-8H2,1-3H3. The number of ether oxygens (including phenoxy) is 1. The smallest absolute Gasteiger partial charge is 0.325 e. The zero-order chi connectivity index (χ0) is 12.9. The van der Waals surface area contributed by atoms with Crippen molar-refractivity contribution in [3.8, 4) is 0 Å². The molecule has 3 heteroatoms. The van der Waals surface area contributed by atoms with Crippen LogP contribution < -0.4 is 5.32 Å². The van der Waals surface area contributed by atoms with Gasteiger partial charge in [-0.3, -0.25) is 10.1 Å². The van der Waals surface area contributed by atoms with Crippen LogP contribution in [-0.4, -0.2) is 24.7 Å². The fourth-order valence-electron chi connectivity index (χ4n) is 5.01. The van der Waals surface area contributed by atoms with E-state index in [2.05, 4.69) is 5.32 Å². The number of esters is 1. The van der Waals surface area contributed by atoms with Crippen molar-refractivity contribution in [2.75, 3.05) is 7.11 Å². The molecule has 0 aromatic heterocycles. The number of carbonyl (C=O) groups is 1. The zero-order valence-corrected chi connectivity index (χ0v) is 11.7. The van der Waals surface area contributed by atoms with Gasteiger partial charge < -0.3 is 4.74 Å². The summed E-state index contributed by atoms with van der Waals surface area (Å²) in [6.07, 6.45) is 6.97. The lowest BCUT2D eigenvalue weighted by Gasteiger charge is -2.36. The van der Waals surface area contributed by atoms with E-state index in [-0.39, 0.29) is 5.97 Å². The number of hydrogen-bond donors (Lipinski definition) is 1. The average molecular weight is 251 g/mol. The van der Waals surface area contributed by atoms with Gasteiger partial charge >= 0.3 is 5.97 Å². The van der Waals surface area contributed by atoms with E-state index in [4.69, 9.17) is 4.74 Å². The summed E-state index contributed by atoms with van der Waals surface area (Å²) < 4.78 is 4.89. The summed E-state index contributed by atoms with van der Waals surface area (Å²) in [6, 6.07) is 0.531. The van der Waals surface area contributed by atoms with E-state index in [1.807, 2.05) is 13.8 Å². The van der Waals surface area contributed by atoms with Crippen molar-refractivity contribution >= 4 is 5.97 Å². The van der Waals surface area contributed by atoms with Crippen LogP contribution in [0.3, 0.4) is 0 Å². The van der Waals surface area contributed by atoms with Gasteiger partial charge in [-0.05, 0) is 63.2 Å². The van der Waals surface area contributed by atoms with Gasteiger partial charge in [0.1, 0.15) is 5.54 Å². The van der Waals surface area contributed by atoms with E-state index in [9.17, 15) is 4.79 Å². The fraction of sp³-hybridized carbons (Fsp3) is 0.933. The first-order chi connectivity index (χ1) is 8.53. The topological polar surface area (TPSA) is 38.3 Å². The predicted molar refractivity (Wildman–Crippen MR) is 70.1 cm³/mol. The molecule has 102 valence electrons. The van der Waals surface area contributed by atoms with Crippen molar-refractivity contribution in [2.45, 2.75) is 57.5 Å². The number of nitrogens with one attached hydrogen (secondary N) is 1.